The summed E-state index contributed by atoms with van der Waals surface area (Å²) in [5.74, 6) is 1.50. The molecule has 2 nitrogen and oxygen atoms in total. The molecule has 0 rings (SSSR count). The SMILES string of the molecule is CC=N.CC=N.[B]=CC. The molecule has 0 spiro atoms. The first kappa shape index (κ1) is 15.7. The van der Waals surface area contributed by atoms with E-state index in [2.05, 4.69) is 0 Å². The third-order valence-corrected chi connectivity index (χ3v) is 0. The van der Waals surface area contributed by atoms with E-state index in [0.717, 1.165) is 0 Å². The Kier molecular flexibility index (Phi) is 96.8. The third-order valence-electron chi connectivity index (χ3n) is 0. The van der Waals surface area contributed by atoms with Crippen LogP contribution >= 0.6 is 0 Å². The maximum atomic E-state index is 6.08. The van der Waals surface area contributed by atoms with E-state index >= 15 is 0 Å². The van der Waals surface area contributed by atoms with Crippen LogP contribution in [-0.2, 0) is 0 Å². The minimum atomic E-state index is 1.25. The Labute approximate surface area is 58.4 Å². The van der Waals surface area contributed by atoms with Crippen molar-refractivity contribution in [2.45, 2.75) is 20.8 Å². The van der Waals surface area contributed by atoms with Gasteiger partial charge in [0.2, 0.25) is 0 Å². The molecule has 0 aliphatic carbocycles. The molecule has 9 heavy (non-hydrogen) atoms. The first-order chi connectivity index (χ1) is 4.24. The van der Waals surface area contributed by atoms with Gasteiger partial charge in [0.05, 0.1) is 0 Å². The predicted molar refractivity (Wildman–Crippen MR) is 46.4 cm³/mol. The standard InChI is InChI=1S/C2H4B.2C2H5N/c3*1-2-3/h2H,1H3;2*2-3H,1H3. The van der Waals surface area contributed by atoms with Crippen LogP contribution in [0.25, 0.3) is 0 Å². The molecule has 0 fully saturated rings. The van der Waals surface area contributed by atoms with Crippen molar-refractivity contribution in [1.29, 1.82) is 10.8 Å². The van der Waals surface area contributed by atoms with E-state index in [0.29, 0.717) is 0 Å². The van der Waals surface area contributed by atoms with Gasteiger partial charge in [0.1, 0.15) is 0 Å². The monoisotopic (exact) mass is 125 g/mol. The number of hydrogen-bond donors (Lipinski definition) is 2. The van der Waals surface area contributed by atoms with Crippen molar-refractivity contribution in [3.8, 4) is 0 Å². The molecule has 0 aliphatic rings. The van der Waals surface area contributed by atoms with Gasteiger partial charge in [0.15, 0.2) is 0 Å². The summed E-state index contributed by atoms with van der Waals surface area (Å²) < 4.78 is 0. The Morgan fingerprint density at radius 2 is 1.00 bits per heavy atom. The topological polar surface area (TPSA) is 47.7 Å². The van der Waals surface area contributed by atoms with E-state index in [1.165, 1.54) is 18.4 Å². The van der Waals surface area contributed by atoms with E-state index in [9.17, 15) is 0 Å². The summed E-state index contributed by atoms with van der Waals surface area (Å²) in [6, 6.07) is 0. The molecule has 0 saturated heterocycles. The number of hydrogen-bond acceptors (Lipinski definition) is 2. The summed E-state index contributed by atoms with van der Waals surface area (Å²) in [7, 11) is 4.72. The molecule has 0 amide bonds. The fourth-order valence-electron chi connectivity index (χ4n) is 0. The Balaban J connectivity index is -0.0000000600. The summed E-state index contributed by atoms with van der Waals surface area (Å²) in [5.41, 5.74) is 0. The fraction of sp³-hybridized carbons (Fsp3) is 0.500. The summed E-state index contributed by atoms with van der Waals surface area (Å²) in [6.45, 7) is 5.11. The molecular weight excluding hydrogens is 111 g/mol. The quantitative estimate of drug-likeness (QED) is 0.362. The second-order valence-corrected chi connectivity index (χ2v) is 0.911. The van der Waals surface area contributed by atoms with E-state index in [1.54, 1.807) is 20.8 Å². The van der Waals surface area contributed by atoms with Crippen LogP contribution < -0.4 is 0 Å². The van der Waals surface area contributed by atoms with Gasteiger partial charge >= 0.3 is 20.4 Å². The zero-order valence-corrected chi connectivity index (χ0v) is 6.31. The van der Waals surface area contributed by atoms with Crippen LogP contribution in [0.15, 0.2) is 0 Å². The molecule has 0 unspecified atom stereocenters. The number of rotatable bonds is 0. The molecule has 1 radical (unpaired) electrons. The van der Waals surface area contributed by atoms with Crippen molar-refractivity contribution in [2.75, 3.05) is 0 Å². The molecule has 0 atom stereocenters. The first-order valence-electron chi connectivity index (χ1n) is 2.64. The molecular formula is C6H14BN2. The third kappa shape index (κ3) is 385. The zero-order valence-electron chi connectivity index (χ0n) is 6.31. The molecule has 2 N–H and O–H groups in total. The van der Waals surface area contributed by atoms with Crippen LogP contribution in [-0.4, -0.2) is 25.9 Å². The summed E-state index contributed by atoms with van der Waals surface area (Å²) in [5, 5.41) is 12.2. The molecule has 51 valence electrons. The summed E-state index contributed by atoms with van der Waals surface area (Å²) >= 11 is 0. The van der Waals surface area contributed by atoms with Crippen molar-refractivity contribution in [3.63, 3.8) is 0 Å². The average Bonchev–Trinajstić information content (AvgIpc) is 1.70. The molecule has 0 aliphatic heterocycles. The van der Waals surface area contributed by atoms with E-state index in [4.69, 9.17) is 18.3 Å². The van der Waals surface area contributed by atoms with Crippen molar-refractivity contribution in [3.05, 3.63) is 0 Å². The van der Waals surface area contributed by atoms with Crippen molar-refractivity contribution in [2.24, 2.45) is 0 Å². The number of nitrogens with one attached hydrogen (secondary N) is 2. The van der Waals surface area contributed by atoms with Crippen LogP contribution in [0, 0.1) is 10.8 Å². The second-order valence-electron chi connectivity index (χ2n) is 0.911. The van der Waals surface area contributed by atoms with Gasteiger partial charge in [-0.2, -0.15) is 0 Å². The van der Waals surface area contributed by atoms with Crippen LogP contribution in [0.1, 0.15) is 20.8 Å². The normalized spacial score (nSPS) is 4.22. The van der Waals surface area contributed by atoms with Crippen LogP contribution in [0.3, 0.4) is 0 Å². The zero-order chi connectivity index (χ0) is 8.12. The van der Waals surface area contributed by atoms with Gasteiger partial charge in [-0.3, -0.25) is 0 Å². The molecule has 0 aromatic rings. The van der Waals surface area contributed by atoms with Gasteiger partial charge in [-0.15, -0.1) is 0 Å². The van der Waals surface area contributed by atoms with Gasteiger partial charge < -0.3 is 10.8 Å². The Morgan fingerprint density at radius 3 is 1.00 bits per heavy atom. The Bertz CT molecular complexity index is 47.8. The predicted octanol–water partition coefficient (Wildman–Crippen LogP) is 1.29. The second kappa shape index (κ2) is 55.3. The van der Waals surface area contributed by atoms with Crippen molar-refractivity contribution in [1.82, 2.24) is 0 Å². The van der Waals surface area contributed by atoms with Gasteiger partial charge in [-0.25, -0.2) is 0 Å². The van der Waals surface area contributed by atoms with E-state index < -0.39 is 0 Å². The van der Waals surface area contributed by atoms with Gasteiger partial charge in [-0.05, 0) is 26.3 Å². The van der Waals surface area contributed by atoms with Gasteiger partial charge in [0, 0.05) is 0 Å². The van der Waals surface area contributed by atoms with Crippen molar-refractivity contribution >= 4 is 25.9 Å². The average molecular weight is 125 g/mol. The fourth-order valence-corrected chi connectivity index (χ4v) is 0. The van der Waals surface area contributed by atoms with E-state index in [1.807, 2.05) is 0 Å². The summed E-state index contributed by atoms with van der Waals surface area (Å²) in [6.07, 6.45) is 2.50. The molecule has 0 aromatic carbocycles. The Hall–Kier alpha value is -0.725. The molecule has 0 bridgehead atoms. The van der Waals surface area contributed by atoms with Crippen LogP contribution in [0.2, 0.25) is 0 Å². The molecule has 0 heterocycles. The maximum absolute atomic E-state index is 6.08. The Morgan fingerprint density at radius 1 is 1.00 bits per heavy atom. The van der Waals surface area contributed by atoms with E-state index in [-0.39, 0.29) is 0 Å². The summed E-state index contributed by atoms with van der Waals surface area (Å²) in [4.78, 5) is 0. The first-order valence-corrected chi connectivity index (χ1v) is 2.64. The molecule has 0 aromatic heterocycles. The van der Waals surface area contributed by atoms with Crippen molar-refractivity contribution < 1.29 is 0 Å². The minimum absolute atomic E-state index is 1.25. The molecule has 0 saturated carbocycles. The van der Waals surface area contributed by atoms with Crippen LogP contribution in [0.5, 0.6) is 0 Å². The molecule has 3 heteroatoms. The van der Waals surface area contributed by atoms with Gasteiger partial charge in [-0.1, -0.05) is 0 Å². The van der Waals surface area contributed by atoms with Gasteiger partial charge in [0.25, 0.3) is 0 Å². The van der Waals surface area contributed by atoms with Crippen LogP contribution in [0.4, 0.5) is 0 Å².